The number of carbonyl (C=O) groups excluding carboxylic acids is 2. The second-order valence-electron chi connectivity index (χ2n) is 10.1. The van der Waals surface area contributed by atoms with Gasteiger partial charge in [0.15, 0.2) is 0 Å². The van der Waals surface area contributed by atoms with E-state index in [1.54, 1.807) is 30.7 Å². The highest BCUT2D eigenvalue weighted by molar-refractivity contribution is 5.97. The van der Waals surface area contributed by atoms with Crippen LogP contribution >= 0.6 is 0 Å². The fourth-order valence-corrected chi connectivity index (χ4v) is 5.29. The number of hydrogen-bond acceptors (Lipinski definition) is 6. The van der Waals surface area contributed by atoms with Gasteiger partial charge in [0.05, 0.1) is 24.9 Å². The Balaban J connectivity index is 1.37. The molecule has 8 nitrogen and oxygen atoms in total. The lowest BCUT2D eigenvalue weighted by molar-refractivity contribution is 0.0358. The largest absolute Gasteiger partial charge is 0.491 e. The quantitative estimate of drug-likeness (QED) is 0.510. The summed E-state index contributed by atoms with van der Waals surface area (Å²) in [4.78, 5) is 38.9. The molecular weight excluding hydrogens is 480 g/mol. The van der Waals surface area contributed by atoms with E-state index >= 15 is 0 Å². The fourth-order valence-electron chi connectivity index (χ4n) is 5.29. The van der Waals surface area contributed by atoms with E-state index in [4.69, 9.17) is 9.47 Å². The van der Waals surface area contributed by atoms with Gasteiger partial charge in [-0.1, -0.05) is 24.6 Å². The second kappa shape index (κ2) is 12.1. The van der Waals surface area contributed by atoms with Gasteiger partial charge < -0.3 is 19.3 Å². The Morgan fingerprint density at radius 1 is 0.921 bits per heavy atom. The first-order chi connectivity index (χ1) is 18.6. The smallest absolute Gasteiger partial charge is 0.272 e. The SMILES string of the molecule is O=C(c1ccccn1)N1CCCCC2(COc3cccnc3)CCN(CC2)C(=O)c2ccccc2OCC1. The second-order valence-corrected chi connectivity index (χ2v) is 10.1. The number of pyridine rings is 2. The predicted octanol–water partition coefficient (Wildman–Crippen LogP) is 4.48. The van der Waals surface area contributed by atoms with Crippen molar-refractivity contribution in [1.29, 1.82) is 0 Å². The standard InChI is InChI=1S/C30H34N4O4/c35-28-25-9-1-2-11-27(25)37-21-20-33(29(36)26-10-3-5-16-32-26)17-6-4-12-30(13-18-34(28)19-14-30)23-38-24-8-7-15-31-22-24/h1-3,5,7-11,15-16,22H,4,6,12-14,17-21,23H2. The van der Waals surface area contributed by atoms with Crippen LogP contribution in [0.2, 0.25) is 0 Å². The Kier molecular flexibility index (Phi) is 8.16. The summed E-state index contributed by atoms with van der Waals surface area (Å²) in [6.45, 7) is 3.26. The van der Waals surface area contributed by atoms with E-state index in [0.717, 1.165) is 37.9 Å². The molecule has 2 bridgehead atoms. The van der Waals surface area contributed by atoms with Gasteiger partial charge in [-0.2, -0.15) is 0 Å². The number of hydrogen-bond donors (Lipinski definition) is 0. The number of rotatable bonds is 4. The summed E-state index contributed by atoms with van der Waals surface area (Å²) in [5.41, 5.74) is 0.941. The topological polar surface area (TPSA) is 84.9 Å². The molecule has 0 saturated carbocycles. The molecule has 1 saturated heterocycles. The van der Waals surface area contributed by atoms with Crippen LogP contribution in [0.3, 0.4) is 0 Å². The zero-order chi connectivity index (χ0) is 26.2. The molecule has 0 N–H and O–H groups in total. The van der Waals surface area contributed by atoms with Gasteiger partial charge in [0, 0.05) is 37.4 Å². The molecule has 3 aliphatic heterocycles. The molecule has 3 aromatic rings. The van der Waals surface area contributed by atoms with E-state index in [1.807, 2.05) is 52.3 Å². The molecule has 0 radical (unpaired) electrons. The molecule has 0 aliphatic carbocycles. The summed E-state index contributed by atoms with van der Waals surface area (Å²) in [6, 6.07) is 16.5. The van der Waals surface area contributed by atoms with E-state index in [-0.39, 0.29) is 17.2 Å². The lowest BCUT2D eigenvalue weighted by Gasteiger charge is -2.42. The van der Waals surface area contributed by atoms with Crippen LogP contribution in [0.1, 0.15) is 53.0 Å². The van der Waals surface area contributed by atoms with Crippen molar-refractivity contribution >= 4 is 11.8 Å². The average molecular weight is 515 g/mol. The number of benzene rings is 1. The van der Waals surface area contributed by atoms with E-state index in [1.165, 1.54) is 0 Å². The Hall–Kier alpha value is -3.94. The van der Waals surface area contributed by atoms with Crippen LogP contribution in [-0.4, -0.2) is 71.0 Å². The number of ether oxygens (including phenoxy) is 2. The van der Waals surface area contributed by atoms with Crippen molar-refractivity contribution in [2.45, 2.75) is 32.1 Å². The number of aromatic nitrogens is 2. The van der Waals surface area contributed by atoms with Gasteiger partial charge in [-0.05, 0) is 62.1 Å². The average Bonchev–Trinajstić information content (AvgIpc) is 2.98. The van der Waals surface area contributed by atoms with Gasteiger partial charge in [0.1, 0.15) is 23.8 Å². The lowest BCUT2D eigenvalue weighted by atomic mass is 9.75. The maximum absolute atomic E-state index is 13.5. The summed E-state index contributed by atoms with van der Waals surface area (Å²) >= 11 is 0. The third-order valence-electron chi connectivity index (χ3n) is 7.58. The molecule has 0 spiro atoms. The van der Waals surface area contributed by atoms with Gasteiger partial charge in [0.25, 0.3) is 11.8 Å². The van der Waals surface area contributed by atoms with Gasteiger partial charge in [0.2, 0.25) is 0 Å². The first kappa shape index (κ1) is 25.7. The van der Waals surface area contributed by atoms with Gasteiger partial charge >= 0.3 is 0 Å². The highest BCUT2D eigenvalue weighted by Crippen LogP contribution is 2.38. The Morgan fingerprint density at radius 2 is 1.76 bits per heavy atom. The maximum atomic E-state index is 13.5. The minimum absolute atomic E-state index is 0.0151. The zero-order valence-corrected chi connectivity index (χ0v) is 21.6. The van der Waals surface area contributed by atoms with E-state index in [0.29, 0.717) is 56.4 Å². The number of carbonyl (C=O) groups is 2. The van der Waals surface area contributed by atoms with E-state index < -0.39 is 0 Å². The fraction of sp³-hybridized carbons (Fsp3) is 0.400. The molecule has 0 unspecified atom stereocenters. The molecule has 1 aromatic carbocycles. The number of para-hydroxylation sites is 1. The van der Waals surface area contributed by atoms with Crippen LogP contribution in [0.25, 0.3) is 0 Å². The summed E-state index contributed by atoms with van der Waals surface area (Å²) in [7, 11) is 0. The zero-order valence-electron chi connectivity index (χ0n) is 21.6. The number of amides is 2. The van der Waals surface area contributed by atoms with Crippen LogP contribution in [0.4, 0.5) is 0 Å². The van der Waals surface area contributed by atoms with Crippen LogP contribution < -0.4 is 9.47 Å². The van der Waals surface area contributed by atoms with E-state index in [9.17, 15) is 9.59 Å². The highest BCUT2D eigenvalue weighted by Gasteiger charge is 2.37. The number of piperidine rings is 1. The molecule has 1 fully saturated rings. The van der Waals surface area contributed by atoms with Crippen LogP contribution in [0.5, 0.6) is 11.5 Å². The van der Waals surface area contributed by atoms with Crippen LogP contribution in [0, 0.1) is 5.41 Å². The summed E-state index contributed by atoms with van der Waals surface area (Å²) in [5.74, 6) is 1.19. The third-order valence-corrected chi connectivity index (χ3v) is 7.58. The molecule has 5 heterocycles. The van der Waals surface area contributed by atoms with Crippen molar-refractivity contribution in [3.05, 3.63) is 84.4 Å². The molecule has 2 amide bonds. The van der Waals surface area contributed by atoms with Crippen molar-refractivity contribution in [1.82, 2.24) is 19.8 Å². The molecule has 0 atom stereocenters. The Labute approximate surface area is 223 Å². The van der Waals surface area contributed by atoms with Crippen molar-refractivity contribution in [3.63, 3.8) is 0 Å². The van der Waals surface area contributed by atoms with Gasteiger partial charge in [-0.15, -0.1) is 0 Å². The first-order valence-corrected chi connectivity index (χ1v) is 13.4. The molecule has 3 aliphatic rings. The van der Waals surface area contributed by atoms with E-state index in [2.05, 4.69) is 9.97 Å². The molecule has 2 aromatic heterocycles. The minimum Gasteiger partial charge on any atom is -0.491 e. The summed E-state index contributed by atoms with van der Waals surface area (Å²) in [5, 5.41) is 0. The number of fused-ring (bicyclic) bond motifs is 9. The van der Waals surface area contributed by atoms with Gasteiger partial charge in [-0.3, -0.25) is 19.6 Å². The maximum Gasteiger partial charge on any atom is 0.272 e. The molecular formula is C30H34N4O4. The summed E-state index contributed by atoms with van der Waals surface area (Å²) in [6.07, 6.45) is 9.62. The van der Waals surface area contributed by atoms with Crippen LogP contribution in [0.15, 0.2) is 73.2 Å². The highest BCUT2D eigenvalue weighted by atomic mass is 16.5. The van der Waals surface area contributed by atoms with Crippen molar-refractivity contribution in [2.75, 3.05) is 39.4 Å². The molecule has 8 heteroatoms. The molecule has 6 rings (SSSR count). The Bertz CT molecular complexity index is 1210. The molecule has 38 heavy (non-hydrogen) atoms. The molecule has 198 valence electrons. The summed E-state index contributed by atoms with van der Waals surface area (Å²) < 4.78 is 12.3. The first-order valence-electron chi connectivity index (χ1n) is 13.4. The Morgan fingerprint density at radius 3 is 2.55 bits per heavy atom. The van der Waals surface area contributed by atoms with Crippen LogP contribution in [-0.2, 0) is 0 Å². The van der Waals surface area contributed by atoms with Crippen molar-refractivity contribution in [2.24, 2.45) is 5.41 Å². The van der Waals surface area contributed by atoms with Gasteiger partial charge in [-0.25, -0.2) is 0 Å². The monoisotopic (exact) mass is 514 g/mol. The third kappa shape index (κ3) is 6.13. The number of nitrogens with zero attached hydrogens (tertiary/aromatic N) is 4. The minimum atomic E-state index is -0.107. The van der Waals surface area contributed by atoms with Crippen molar-refractivity contribution < 1.29 is 19.1 Å². The normalized spacial score (nSPS) is 18.1. The lowest BCUT2D eigenvalue weighted by Crippen LogP contribution is -2.45. The van der Waals surface area contributed by atoms with Crippen molar-refractivity contribution in [3.8, 4) is 11.5 Å². The predicted molar refractivity (Wildman–Crippen MR) is 143 cm³/mol.